The van der Waals surface area contributed by atoms with Gasteiger partial charge in [0.25, 0.3) is 0 Å². The number of hydrogen-bond donors (Lipinski definition) is 0. The van der Waals surface area contributed by atoms with Gasteiger partial charge in [0.2, 0.25) is 5.52 Å². The summed E-state index contributed by atoms with van der Waals surface area (Å²) in [4.78, 5) is 0. The predicted molar refractivity (Wildman–Crippen MR) is 151 cm³/mol. The Morgan fingerprint density at radius 3 is 2.47 bits per heavy atom. The van der Waals surface area contributed by atoms with Crippen LogP contribution < -0.4 is 4.57 Å². The van der Waals surface area contributed by atoms with Crippen molar-refractivity contribution in [1.29, 1.82) is 0 Å². The van der Waals surface area contributed by atoms with Gasteiger partial charge in [-0.25, -0.2) is 4.57 Å². The lowest BCUT2D eigenvalue weighted by molar-refractivity contribution is -0.643. The summed E-state index contributed by atoms with van der Waals surface area (Å²) in [6.07, 6.45) is 7.98. The van der Waals surface area contributed by atoms with Crippen LogP contribution >= 0.6 is 0 Å². The molecule has 0 radical (unpaired) electrons. The normalized spacial score (nSPS) is 22.4. The molecule has 0 N–H and O–H groups in total. The fourth-order valence-electron chi connectivity index (χ4n) is 8.07. The van der Waals surface area contributed by atoms with Gasteiger partial charge in [-0.15, -0.1) is 0 Å². The number of fused-ring (bicyclic) bond motifs is 7. The summed E-state index contributed by atoms with van der Waals surface area (Å²) >= 11 is 0. The predicted octanol–water partition coefficient (Wildman–Crippen LogP) is 8.32. The number of nitrogens with zero attached hydrogens (tertiary/aromatic N) is 2. The van der Waals surface area contributed by atoms with E-state index in [1.165, 1.54) is 85.8 Å². The van der Waals surface area contributed by atoms with Crippen molar-refractivity contribution in [3.8, 4) is 0 Å². The van der Waals surface area contributed by atoms with Gasteiger partial charge in [0.1, 0.15) is 7.05 Å². The Labute approximate surface area is 212 Å². The highest BCUT2D eigenvalue weighted by atomic mass is 15.0. The second kappa shape index (κ2) is 6.79. The van der Waals surface area contributed by atoms with Crippen molar-refractivity contribution in [1.82, 2.24) is 4.40 Å². The molecule has 180 valence electrons. The minimum absolute atomic E-state index is 0.126. The summed E-state index contributed by atoms with van der Waals surface area (Å²) in [5, 5.41) is 6.97. The zero-order valence-electron chi connectivity index (χ0n) is 22.2. The summed E-state index contributed by atoms with van der Waals surface area (Å²) in [7, 11) is 2.22. The van der Waals surface area contributed by atoms with Gasteiger partial charge in [-0.3, -0.25) is 0 Å². The van der Waals surface area contributed by atoms with E-state index in [4.69, 9.17) is 0 Å². The molecular weight excluding hydrogens is 436 g/mol. The van der Waals surface area contributed by atoms with Crippen molar-refractivity contribution < 1.29 is 4.57 Å². The molecule has 0 aliphatic heterocycles. The van der Waals surface area contributed by atoms with Crippen LogP contribution in [-0.2, 0) is 12.5 Å². The fourth-order valence-corrected chi connectivity index (χ4v) is 8.07. The minimum Gasteiger partial charge on any atom is -0.307 e. The van der Waals surface area contributed by atoms with E-state index < -0.39 is 0 Å². The number of aryl methyl sites for hydroxylation is 2. The number of pyridine rings is 2. The monoisotopic (exact) mass is 471 g/mol. The van der Waals surface area contributed by atoms with Gasteiger partial charge in [-0.2, -0.15) is 0 Å². The quantitative estimate of drug-likeness (QED) is 0.129. The van der Waals surface area contributed by atoms with Gasteiger partial charge in [0.15, 0.2) is 6.20 Å². The lowest BCUT2D eigenvalue weighted by Gasteiger charge is -2.23. The topological polar surface area (TPSA) is 8.29 Å². The maximum Gasteiger partial charge on any atom is 0.224 e. The Morgan fingerprint density at radius 1 is 0.861 bits per heavy atom. The molecule has 0 amide bonds. The summed E-state index contributed by atoms with van der Waals surface area (Å²) in [5.41, 5.74) is 9.94. The van der Waals surface area contributed by atoms with Crippen LogP contribution in [0.15, 0.2) is 54.7 Å². The van der Waals surface area contributed by atoms with Crippen LogP contribution in [0.2, 0.25) is 0 Å². The van der Waals surface area contributed by atoms with Gasteiger partial charge >= 0.3 is 0 Å². The molecule has 2 saturated carbocycles. The molecule has 3 atom stereocenters. The van der Waals surface area contributed by atoms with E-state index in [1.807, 2.05) is 0 Å². The molecule has 36 heavy (non-hydrogen) atoms. The first-order valence-electron chi connectivity index (χ1n) is 13.8. The van der Waals surface area contributed by atoms with Crippen LogP contribution in [0.1, 0.15) is 69.1 Å². The molecular formula is C34H35N2+. The van der Waals surface area contributed by atoms with Crippen molar-refractivity contribution in [3.63, 3.8) is 0 Å². The van der Waals surface area contributed by atoms with Crippen molar-refractivity contribution in [3.05, 3.63) is 71.4 Å². The van der Waals surface area contributed by atoms with Gasteiger partial charge in [0.05, 0.1) is 27.3 Å². The van der Waals surface area contributed by atoms with E-state index in [0.717, 1.165) is 17.8 Å². The molecule has 3 heterocycles. The highest BCUT2D eigenvalue weighted by Crippen LogP contribution is 2.53. The van der Waals surface area contributed by atoms with Crippen LogP contribution in [0.25, 0.3) is 49.0 Å². The summed E-state index contributed by atoms with van der Waals surface area (Å²) in [5.74, 6) is 2.56. The van der Waals surface area contributed by atoms with Crippen LogP contribution in [0, 0.1) is 18.8 Å². The van der Waals surface area contributed by atoms with E-state index in [0.29, 0.717) is 0 Å². The van der Waals surface area contributed by atoms with E-state index in [-0.39, 0.29) is 5.41 Å². The molecule has 8 rings (SSSR count). The van der Waals surface area contributed by atoms with Crippen LogP contribution in [0.5, 0.6) is 0 Å². The Balaban J connectivity index is 1.59. The van der Waals surface area contributed by atoms with E-state index >= 15 is 0 Å². The first kappa shape index (κ1) is 21.0. The Kier molecular flexibility index (Phi) is 3.96. The maximum atomic E-state index is 2.62. The molecule has 6 aromatic rings. The summed E-state index contributed by atoms with van der Waals surface area (Å²) in [6, 6.07) is 19.4. The second-order valence-corrected chi connectivity index (χ2v) is 13.0. The van der Waals surface area contributed by atoms with Crippen molar-refractivity contribution in [2.24, 2.45) is 18.9 Å². The molecule has 3 aromatic heterocycles. The van der Waals surface area contributed by atoms with Crippen molar-refractivity contribution in [2.45, 2.75) is 64.7 Å². The van der Waals surface area contributed by atoms with Gasteiger partial charge in [0, 0.05) is 16.8 Å². The molecule has 2 heteroatoms. The average molecular weight is 472 g/mol. The second-order valence-electron chi connectivity index (χ2n) is 13.0. The molecule has 3 aromatic carbocycles. The van der Waals surface area contributed by atoms with Gasteiger partial charge < -0.3 is 4.40 Å². The number of benzene rings is 3. The summed E-state index contributed by atoms with van der Waals surface area (Å²) < 4.78 is 4.97. The van der Waals surface area contributed by atoms with E-state index in [1.54, 1.807) is 5.56 Å². The third-order valence-corrected chi connectivity index (χ3v) is 9.89. The van der Waals surface area contributed by atoms with Crippen LogP contribution in [-0.4, -0.2) is 4.40 Å². The van der Waals surface area contributed by atoms with E-state index in [2.05, 4.69) is 98.4 Å². The average Bonchev–Trinajstić information content (AvgIpc) is 3.57. The largest absolute Gasteiger partial charge is 0.307 e. The third-order valence-electron chi connectivity index (χ3n) is 9.89. The Bertz CT molecular complexity index is 1860. The Morgan fingerprint density at radius 2 is 1.72 bits per heavy atom. The molecule has 2 aliphatic rings. The lowest BCUT2D eigenvalue weighted by Crippen LogP contribution is -2.29. The fraction of sp³-hybridized carbons (Fsp3) is 0.382. The molecule has 2 bridgehead atoms. The molecule has 0 spiro atoms. The summed E-state index contributed by atoms with van der Waals surface area (Å²) in [6.45, 7) is 9.24. The molecule has 2 nitrogen and oxygen atoms in total. The lowest BCUT2D eigenvalue weighted by atomic mass is 9.82. The molecule has 2 fully saturated rings. The van der Waals surface area contributed by atoms with Crippen LogP contribution in [0.3, 0.4) is 0 Å². The SMILES string of the molecule is Cc1ccc2c3cc(C(C)(C)C)ccc3n3c4cc(C5CC6CCC5C6)cc5cc[n+](C)c(c1c23)c54. The molecule has 0 saturated heterocycles. The van der Waals surface area contributed by atoms with Gasteiger partial charge in [-0.05, 0) is 89.6 Å². The number of hydrogen-bond acceptors (Lipinski definition) is 0. The highest BCUT2D eigenvalue weighted by Gasteiger charge is 2.40. The number of aromatic nitrogens is 2. The van der Waals surface area contributed by atoms with Crippen molar-refractivity contribution >= 4 is 49.0 Å². The van der Waals surface area contributed by atoms with E-state index in [9.17, 15) is 0 Å². The first-order valence-corrected chi connectivity index (χ1v) is 13.8. The molecule has 3 unspecified atom stereocenters. The Hall–Kier alpha value is -3.13. The van der Waals surface area contributed by atoms with Crippen LogP contribution in [0.4, 0.5) is 0 Å². The zero-order valence-corrected chi connectivity index (χ0v) is 22.2. The molecule has 2 aliphatic carbocycles. The first-order chi connectivity index (χ1) is 17.3. The minimum atomic E-state index is 0.126. The van der Waals surface area contributed by atoms with Crippen molar-refractivity contribution in [2.75, 3.05) is 0 Å². The third kappa shape index (κ3) is 2.60. The standard InChI is InChI=1S/C34H35N2/c1-19-6-10-25-27-18-24(34(2,3)4)9-11-28(27)36-29-17-23(26-15-20-7-8-21(26)14-20)16-22-12-13-35(5)33(31(22)29)30(19)32(25)36/h6,9-13,16-18,20-21,26H,7-8,14-15H2,1-5H3/q+1. The maximum absolute atomic E-state index is 2.62. The highest BCUT2D eigenvalue weighted by molar-refractivity contribution is 6.25. The number of rotatable bonds is 1. The van der Waals surface area contributed by atoms with Gasteiger partial charge in [-0.1, -0.05) is 51.5 Å². The smallest absolute Gasteiger partial charge is 0.224 e. The zero-order chi connectivity index (χ0) is 24.5.